The quantitative estimate of drug-likeness (QED) is 0.586. The Morgan fingerprint density at radius 1 is 1.24 bits per heavy atom. The van der Waals surface area contributed by atoms with E-state index in [0.717, 1.165) is 42.3 Å². The minimum absolute atomic E-state index is 0.151. The van der Waals surface area contributed by atoms with Crippen molar-refractivity contribution in [1.29, 1.82) is 0 Å². The lowest BCUT2D eigenvalue weighted by molar-refractivity contribution is 0.0767. The summed E-state index contributed by atoms with van der Waals surface area (Å²) in [5.41, 5.74) is 2.36. The SMILES string of the molecule is COc1cc(C2(NC(=O)c3cc(OCC4CCN4C)ccc3C)CC2)c2ccc(F)cc2n1. The molecule has 7 heteroatoms. The fourth-order valence-corrected chi connectivity index (χ4v) is 4.46. The molecule has 1 N–H and O–H groups in total. The van der Waals surface area contributed by atoms with Crippen LogP contribution in [-0.2, 0) is 5.54 Å². The van der Waals surface area contributed by atoms with E-state index >= 15 is 0 Å². The summed E-state index contributed by atoms with van der Waals surface area (Å²) in [5, 5.41) is 4.05. The number of amides is 1. The van der Waals surface area contributed by atoms with Crippen LogP contribution in [0.5, 0.6) is 11.6 Å². The summed E-state index contributed by atoms with van der Waals surface area (Å²) in [6, 6.07) is 12.4. The third-order valence-electron chi connectivity index (χ3n) is 6.91. The van der Waals surface area contributed by atoms with E-state index in [1.54, 1.807) is 6.07 Å². The second-order valence-electron chi connectivity index (χ2n) is 9.12. The predicted molar refractivity (Wildman–Crippen MR) is 124 cm³/mol. The van der Waals surface area contributed by atoms with Crippen LogP contribution >= 0.6 is 0 Å². The second kappa shape index (κ2) is 8.30. The Labute approximate surface area is 192 Å². The van der Waals surface area contributed by atoms with Gasteiger partial charge in [-0.05, 0) is 75.2 Å². The number of hydrogen-bond donors (Lipinski definition) is 1. The van der Waals surface area contributed by atoms with E-state index in [4.69, 9.17) is 9.47 Å². The molecule has 1 aromatic heterocycles. The van der Waals surface area contributed by atoms with Gasteiger partial charge >= 0.3 is 0 Å². The van der Waals surface area contributed by atoms with Gasteiger partial charge in [-0.3, -0.25) is 9.69 Å². The number of benzene rings is 2. The first-order chi connectivity index (χ1) is 15.9. The van der Waals surface area contributed by atoms with E-state index in [-0.39, 0.29) is 11.7 Å². The van der Waals surface area contributed by atoms with Crippen molar-refractivity contribution in [1.82, 2.24) is 15.2 Å². The van der Waals surface area contributed by atoms with Gasteiger partial charge in [0.1, 0.15) is 18.2 Å². The molecule has 2 aromatic carbocycles. The summed E-state index contributed by atoms with van der Waals surface area (Å²) in [4.78, 5) is 20.0. The normalized spacial score (nSPS) is 19.1. The zero-order valence-electron chi connectivity index (χ0n) is 19.2. The first kappa shape index (κ1) is 21.6. The van der Waals surface area contributed by atoms with Gasteiger partial charge in [0, 0.05) is 29.1 Å². The molecular weight excluding hydrogens is 421 g/mol. The molecule has 2 aliphatic rings. The average Bonchev–Trinajstić information content (AvgIpc) is 3.58. The summed E-state index contributed by atoms with van der Waals surface area (Å²) in [6.45, 7) is 3.63. The van der Waals surface area contributed by atoms with Gasteiger partial charge in [-0.2, -0.15) is 0 Å². The molecule has 3 aromatic rings. The van der Waals surface area contributed by atoms with Crippen LogP contribution in [0.25, 0.3) is 10.9 Å². The number of carbonyl (C=O) groups is 1. The Hall–Kier alpha value is -3.19. The number of pyridine rings is 1. The summed E-state index contributed by atoms with van der Waals surface area (Å²) in [5.74, 6) is 0.587. The molecule has 1 saturated heterocycles. The van der Waals surface area contributed by atoms with Gasteiger partial charge in [-0.15, -0.1) is 0 Å². The summed E-state index contributed by atoms with van der Waals surface area (Å²) in [6.07, 6.45) is 2.72. The molecule has 5 rings (SSSR count). The second-order valence-corrected chi connectivity index (χ2v) is 9.12. The van der Waals surface area contributed by atoms with Crippen molar-refractivity contribution < 1.29 is 18.7 Å². The predicted octanol–water partition coefficient (Wildman–Crippen LogP) is 4.19. The number of likely N-dealkylation sites (N-methyl/N-ethyl adjacent to an activating group) is 1. The fraction of sp³-hybridized carbons (Fsp3) is 0.385. The molecule has 1 aliphatic heterocycles. The van der Waals surface area contributed by atoms with Gasteiger partial charge in [0.2, 0.25) is 5.88 Å². The number of nitrogens with zero attached hydrogens (tertiary/aromatic N) is 2. The number of aryl methyl sites for hydroxylation is 1. The minimum atomic E-state index is -0.526. The zero-order chi connectivity index (χ0) is 23.2. The molecule has 6 nitrogen and oxygen atoms in total. The highest BCUT2D eigenvalue weighted by Gasteiger charge is 2.47. The standard InChI is InChI=1S/C26H28FN3O3/c1-16-4-6-19(33-15-18-8-11-30(18)2)13-21(16)25(31)29-26(9-10-26)22-14-24(32-3)28-23-12-17(27)5-7-20(22)23/h4-7,12-14,18H,8-11,15H2,1-3H3,(H,29,31). The van der Waals surface area contributed by atoms with E-state index in [2.05, 4.69) is 22.2 Å². The third-order valence-corrected chi connectivity index (χ3v) is 6.91. The Morgan fingerprint density at radius 3 is 2.73 bits per heavy atom. The topological polar surface area (TPSA) is 63.7 Å². The first-order valence-electron chi connectivity index (χ1n) is 11.3. The smallest absolute Gasteiger partial charge is 0.252 e. The van der Waals surface area contributed by atoms with Gasteiger partial charge < -0.3 is 14.8 Å². The maximum absolute atomic E-state index is 13.8. The number of halogens is 1. The molecule has 172 valence electrons. The van der Waals surface area contributed by atoms with Crippen molar-refractivity contribution >= 4 is 16.8 Å². The lowest BCUT2D eigenvalue weighted by Gasteiger charge is -2.37. The molecule has 2 heterocycles. The van der Waals surface area contributed by atoms with Crippen LogP contribution in [0.15, 0.2) is 42.5 Å². The van der Waals surface area contributed by atoms with Crippen molar-refractivity contribution in [2.24, 2.45) is 0 Å². The maximum Gasteiger partial charge on any atom is 0.252 e. The number of ether oxygens (including phenoxy) is 2. The Balaban J connectivity index is 1.41. The Bertz CT molecular complexity index is 1220. The van der Waals surface area contributed by atoms with E-state index < -0.39 is 5.54 Å². The molecule has 2 fully saturated rings. The number of nitrogens with one attached hydrogen (secondary N) is 1. The van der Waals surface area contributed by atoms with Crippen LogP contribution in [-0.4, -0.2) is 49.1 Å². The van der Waals surface area contributed by atoms with Crippen molar-refractivity contribution in [3.8, 4) is 11.6 Å². The van der Waals surface area contributed by atoms with E-state index in [0.29, 0.717) is 35.4 Å². The zero-order valence-corrected chi connectivity index (χ0v) is 19.2. The van der Waals surface area contributed by atoms with Crippen molar-refractivity contribution in [2.75, 3.05) is 27.3 Å². The molecule has 1 aliphatic carbocycles. The number of hydrogen-bond acceptors (Lipinski definition) is 5. The molecule has 33 heavy (non-hydrogen) atoms. The lowest BCUT2D eigenvalue weighted by Crippen LogP contribution is -2.48. The van der Waals surface area contributed by atoms with E-state index in [9.17, 15) is 9.18 Å². The number of methoxy groups -OCH3 is 1. The highest BCUT2D eigenvalue weighted by Crippen LogP contribution is 2.49. The van der Waals surface area contributed by atoms with Gasteiger partial charge in [0.15, 0.2) is 0 Å². The van der Waals surface area contributed by atoms with Crippen LogP contribution < -0.4 is 14.8 Å². The van der Waals surface area contributed by atoms with Crippen LogP contribution in [0.1, 0.15) is 40.7 Å². The number of aromatic nitrogens is 1. The molecule has 1 atom stereocenters. The van der Waals surface area contributed by atoms with Gasteiger partial charge in [-0.1, -0.05) is 6.07 Å². The maximum atomic E-state index is 13.8. The molecule has 0 radical (unpaired) electrons. The Kier molecular flexibility index (Phi) is 5.44. The molecule has 1 amide bonds. The van der Waals surface area contributed by atoms with Gasteiger partial charge in [0.25, 0.3) is 5.91 Å². The van der Waals surface area contributed by atoms with Gasteiger partial charge in [0.05, 0.1) is 18.2 Å². The molecular formula is C26H28FN3O3. The van der Waals surface area contributed by atoms with E-state index in [1.165, 1.54) is 19.2 Å². The minimum Gasteiger partial charge on any atom is -0.492 e. The molecule has 1 unspecified atom stereocenters. The molecule has 0 spiro atoms. The van der Waals surface area contributed by atoms with E-state index in [1.807, 2.05) is 31.2 Å². The highest BCUT2D eigenvalue weighted by molar-refractivity contribution is 5.97. The van der Waals surface area contributed by atoms with Crippen LogP contribution in [0, 0.1) is 12.7 Å². The number of likely N-dealkylation sites (tertiary alicyclic amines) is 1. The molecule has 1 saturated carbocycles. The summed E-state index contributed by atoms with van der Waals surface area (Å²) >= 11 is 0. The fourth-order valence-electron chi connectivity index (χ4n) is 4.46. The van der Waals surface area contributed by atoms with Crippen LogP contribution in [0.2, 0.25) is 0 Å². The number of fused-ring (bicyclic) bond motifs is 1. The Morgan fingerprint density at radius 2 is 2.06 bits per heavy atom. The van der Waals surface area contributed by atoms with Crippen LogP contribution in [0.3, 0.4) is 0 Å². The lowest BCUT2D eigenvalue weighted by atomic mass is 9.98. The van der Waals surface area contributed by atoms with Crippen LogP contribution in [0.4, 0.5) is 4.39 Å². The monoisotopic (exact) mass is 449 g/mol. The number of rotatable bonds is 7. The summed E-state index contributed by atoms with van der Waals surface area (Å²) < 4.78 is 25.2. The van der Waals surface area contributed by atoms with Crippen molar-refractivity contribution in [3.63, 3.8) is 0 Å². The molecule has 0 bridgehead atoms. The summed E-state index contributed by atoms with van der Waals surface area (Å²) in [7, 11) is 3.62. The third kappa shape index (κ3) is 4.13. The first-order valence-corrected chi connectivity index (χ1v) is 11.3. The largest absolute Gasteiger partial charge is 0.492 e. The van der Waals surface area contributed by atoms with Gasteiger partial charge in [-0.25, -0.2) is 9.37 Å². The average molecular weight is 450 g/mol. The number of carbonyl (C=O) groups excluding carboxylic acids is 1. The van der Waals surface area contributed by atoms with Crippen molar-refractivity contribution in [2.45, 2.75) is 37.8 Å². The highest BCUT2D eigenvalue weighted by atomic mass is 19.1. The van der Waals surface area contributed by atoms with Crippen molar-refractivity contribution in [3.05, 3.63) is 65.0 Å².